The molecule has 19 heavy (non-hydrogen) atoms. The Balaban J connectivity index is 2.56. The van der Waals surface area contributed by atoms with Crippen molar-refractivity contribution in [1.29, 1.82) is 0 Å². The van der Waals surface area contributed by atoms with Gasteiger partial charge in [-0.3, -0.25) is 0 Å². The third-order valence-electron chi connectivity index (χ3n) is 3.76. The lowest BCUT2D eigenvalue weighted by Crippen LogP contribution is -2.37. The van der Waals surface area contributed by atoms with Gasteiger partial charge in [0.15, 0.2) is 0 Å². The van der Waals surface area contributed by atoms with E-state index in [1.54, 1.807) is 0 Å². The first-order chi connectivity index (χ1) is 8.86. The number of rotatable bonds is 7. The maximum atomic E-state index is 9.33. The molecule has 0 fully saturated rings. The van der Waals surface area contributed by atoms with E-state index in [2.05, 4.69) is 67.1 Å². The topological polar surface area (TPSA) is 32.3 Å². The Morgan fingerprint density at radius 3 is 2.53 bits per heavy atom. The van der Waals surface area contributed by atoms with E-state index >= 15 is 0 Å². The van der Waals surface area contributed by atoms with Crippen LogP contribution in [0.2, 0.25) is 0 Å². The van der Waals surface area contributed by atoms with Crippen LogP contribution >= 0.6 is 15.9 Å². The minimum atomic E-state index is 0.0841. The van der Waals surface area contributed by atoms with Crippen molar-refractivity contribution in [3.63, 3.8) is 0 Å². The molecule has 1 atom stereocenters. The SMILES string of the molecule is CC(C)C(CO)CNCC(C)(C)c1cccc(Br)c1. The number of aliphatic hydroxyl groups is 1. The minimum Gasteiger partial charge on any atom is -0.396 e. The zero-order valence-corrected chi connectivity index (χ0v) is 14.0. The smallest absolute Gasteiger partial charge is 0.0473 e. The fourth-order valence-electron chi connectivity index (χ4n) is 2.09. The molecule has 0 saturated heterocycles. The van der Waals surface area contributed by atoms with Crippen LogP contribution in [0.4, 0.5) is 0 Å². The van der Waals surface area contributed by atoms with Crippen molar-refractivity contribution in [3.8, 4) is 0 Å². The molecule has 0 aliphatic carbocycles. The maximum absolute atomic E-state index is 9.33. The lowest BCUT2D eigenvalue weighted by atomic mass is 9.84. The predicted molar refractivity (Wildman–Crippen MR) is 85.5 cm³/mol. The fourth-order valence-corrected chi connectivity index (χ4v) is 2.49. The summed E-state index contributed by atoms with van der Waals surface area (Å²) < 4.78 is 1.12. The van der Waals surface area contributed by atoms with Crippen molar-refractivity contribution in [2.45, 2.75) is 33.1 Å². The normalized spacial score (nSPS) is 13.8. The molecule has 0 saturated carbocycles. The third-order valence-corrected chi connectivity index (χ3v) is 4.25. The Bertz CT molecular complexity index is 390. The fraction of sp³-hybridized carbons (Fsp3) is 0.625. The van der Waals surface area contributed by atoms with E-state index in [0.29, 0.717) is 11.8 Å². The molecule has 1 rings (SSSR count). The molecule has 1 unspecified atom stereocenters. The van der Waals surface area contributed by atoms with E-state index < -0.39 is 0 Å². The highest BCUT2D eigenvalue weighted by molar-refractivity contribution is 9.10. The molecule has 0 aromatic heterocycles. The van der Waals surface area contributed by atoms with Gasteiger partial charge in [-0.15, -0.1) is 0 Å². The van der Waals surface area contributed by atoms with Crippen LogP contribution in [-0.2, 0) is 5.41 Å². The van der Waals surface area contributed by atoms with E-state index in [4.69, 9.17) is 0 Å². The van der Waals surface area contributed by atoms with Gasteiger partial charge in [0.05, 0.1) is 0 Å². The van der Waals surface area contributed by atoms with Gasteiger partial charge >= 0.3 is 0 Å². The Morgan fingerprint density at radius 2 is 2.00 bits per heavy atom. The second-order valence-electron chi connectivity index (χ2n) is 6.21. The van der Waals surface area contributed by atoms with E-state index in [-0.39, 0.29) is 12.0 Å². The van der Waals surface area contributed by atoms with Crippen molar-refractivity contribution < 1.29 is 5.11 Å². The second-order valence-corrected chi connectivity index (χ2v) is 7.13. The molecule has 0 aliphatic heterocycles. The summed E-state index contributed by atoms with van der Waals surface area (Å²) in [6.45, 7) is 10.8. The molecule has 2 nitrogen and oxygen atoms in total. The average molecular weight is 328 g/mol. The quantitative estimate of drug-likeness (QED) is 0.802. The summed E-state index contributed by atoms with van der Waals surface area (Å²) in [5.41, 5.74) is 1.40. The van der Waals surface area contributed by atoms with Crippen LogP contribution in [0.25, 0.3) is 0 Å². The molecule has 1 aromatic carbocycles. The Kier molecular flexibility index (Phi) is 6.51. The number of hydrogen-bond acceptors (Lipinski definition) is 2. The number of halogens is 1. The van der Waals surface area contributed by atoms with Crippen molar-refractivity contribution >= 4 is 15.9 Å². The first-order valence-corrected chi connectivity index (χ1v) is 7.73. The molecule has 108 valence electrons. The number of aliphatic hydroxyl groups excluding tert-OH is 1. The van der Waals surface area contributed by atoms with Gasteiger partial charge in [-0.05, 0) is 29.5 Å². The molecule has 0 aliphatic rings. The molecular weight excluding hydrogens is 302 g/mol. The van der Waals surface area contributed by atoms with E-state index in [1.807, 2.05) is 6.07 Å². The summed E-state index contributed by atoms with van der Waals surface area (Å²) in [5, 5.41) is 12.8. The van der Waals surface area contributed by atoms with Crippen LogP contribution in [0, 0.1) is 11.8 Å². The van der Waals surface area contributed by atoms with Gasteiger partial charge < -0.3 is 10.4 Å². The van der Waals surface area contributed by atoms with Crippen molar-refractivity contribution in [2.24, 2.45) is 11.8 Å². The Labute approximate surface area is 125 Å². The van der Waals surface area contributed by atoms with Gasteiger partial charge in [0, 0.05) is 29.6 Å². The van der Waals surface area contributed by atoms with Crippen LogP contribution in [0.5, 0.6) is 0 Å². The zero-order chi connectivity index (χ0) is 14.5. The Hall–Kier alpha value is -0.380. The van der Waals surface area contributed by atoms with Crippen molar-refractivity contribution in [3.05, 3.63) is 34.3 Å². The first-order valence-electron chi connectivity index (χ1n) is 6.94. The van der Waals surface area contributed by atoms with Crippen molar-refractivity contribution in [2.75, 3.05) is 19.7 Å². The molecule has 0 heterocycles. The van der Waals surface area contributed by atoms with Crippen LogP contribution < -0.4 is 5.32 Å². The average Bonchev–Trinajstić information content (AvgIpc) is 2.34. The summed E-state index contributed by atoms with van der Waals surface area (Å²) in [6.07, 6.45) is 0. The standard InChI is InChI=1S/C16H26BrNO/c1-12(2)13(10-19)9-18-11-16(3,4)14-6-5-7-15(17)8-14/h5-8,12-13,18-19H,9-11H2,1-4H3. The maximum Gasteiger partial charge on any atom is 0.0473 e. The largest absolute Gasteiger partial charge is 0.396 e. The molecule has 0 radical (unpaired) electrons. The number of benzene rings is 1. The highest BCUT2D eigenvalue weighted by Gasteiger charge is 2.21. The third kappa shape index (κ3) is 5.25. The van der Waals surface area contributed by atoms with E-state index in [9.17, 15) is 5.11 Å². The summed E-state index contributed by atoms with van der Waals surface area (Å²) in [6, 6.07) is 8.46. The predicted octanol–water partition coefficient (Wildman–Crippen LogP) is 3.58. The molecule has 0 amide bonds. The lowest BCUT2D eigenvalue weighted by Gasteiger charge is -2.28. The number of hydrogen-bond donors (Lipinski definition) is 2. The molecule has 0 spiro atoms. The summed E-state index contributed by atoms with van der Waals surface area (Å²) in [4.78, 5) is 0. The van der Waals surface area contributed by atoms with Crippen molar-refractivity contribution in [1.82, 2.24) is 5.32 Å². The molecule has 1 aromatic rings. The van der Waals surface area contributed by atoms with Crippen LogP contribution in [0.1, 0.15) is 33.3 Å². The van der Waals surface area contributed by atoms with Gasteiger partial charge in [-0.25, -0.2) is 0 Å². The summed E-state index contributed by atoms with van der Waals surface area (Å²) in [7, 11) is 0. The summed E-state index contributed by atoms with van der Waals surface area (Å²) in [5.74, 6) is 0.838. The first kappa shape index (κ1) is 16.7. The van der Waals surface area contributed by atoms with Gasteiger partial charge in [0.2, 0.25) is 0 Å². The van der Waals surface area contributed by atoms with Gasteiger partial charge in [-0.1, -0.05) is 55.8 Å². The zero-order valence-electron chi connectivity index (χ0n) is 12.4. The number of nitrogens with one attached hydrogen (secondary N) is 1. The molecule has 2 N–H and O–H groups in total. The molecule has 3 heteroatoms. The van der Waals surface area contributed by atoms with Gasteiger partial charge in [-0.2, -0.15) is 0 Å². The van der Waals surface area contributed by atoms with Gasteiger partial charge in [0.25, 0.3) is 0 Å². The van der Waals surface area contributed by atoms with E-state index in [1.165, 1.54) is 5.56 Å². The Morgan fingerprint density at radius 1 is 1.32 bits per heavy atom. The van der Waals surface area contributed by atoms with Crippen LogP contribution in [0.3, 0.4) is 0 Å². The minimum absolute atomic E-state index is 0.0841. The van der Waals surface area contributed by atoms with Crippen LogP contribution in [-0.4, -0.2) is 24.8 Å². The molecular formula is C16H26BrNO. The monoisotopic (exact) mass is 327 g/mol. The highest BCUT2D eigenvalue weighted by atomic mass is 79.9. The lowest BCUT2D eigenvalue weighted by molar-refractivity contribution is 0.184. The molecule has 0 bridgehead atoms. The van der Waals surface area contributed by atoms with E-state index in [0.717, 1.165) is 17.6 Å². The van der Waals surface area contributed by atoms with Gasteiger partial charge in [0.1, 0.15) is 0 Å². The summed E-state index contributed by atoms with van der Waals surface area (Å²) >= 11 is 3.52. The second kappa shape index (κ2) is 7.41. The van der Waals surface area contributed by atoms with Crippen LogP contribution in [0.15, 0.2) is 28.7 Å². The highest BCUT2D eigenvalue weighted by Crippen LogP contribution is 2.25.